The molecule has 1 aliphatic carbocycles. The average molecular weight is 286 g/mol. The fourth-order valence-corrected chi connectivity index (χ4v) is 2.25. The van der Waals surface area contributed by atoms with Gasteiger partial charge in [0.25, 0.3) is 0 Å². The Labute approximate surface area is 112 Å². The molecular formula is C12H13F3N4O. The maximum absolute atomic E-state index is 12.6. The van der Waals surface area contributed by atoms with Crippen LogP contribution in [0.5, 0.6) is 5.88 Å². The van der Waals surface area contributed by atoms with Gasteiger partial charge in [-0.05, 0) is 25.3 Å². The van der Waals surface area contributed by atoms with E-state index < -0.39 is 11.9 Å². The Morgan fingerprint density at radius 3 is 2.80 bits per heavy atom. The molecule has 1 aliphatic rings. The van der Waals surface area contributed by atoms with Crippen LogP contribution < -0.4 is 10.5 Å². The zero-order valence-corrected chi connectivity index (χ0v) is 10.5. The van der Waals surface area contributed by atoms with E-state index in [4.69, 9.17) is 10.5 Å². The number of nitrogens with two attached hydrogens (primary N) is 1. The number of nitrogens with zero attached hydrogens (tertiary/aromatic N) is 3. The maximum atomic E-state index is 12.6. The van der Waals surface area contributed by atoms with Crippen LogP contribution in [0.1, 0.15) is 18.5 Å². The Morgan fingerprint density at radius 2 is 2.15 bits per heavy atom. The highest BCUT2D eigenvalue weighted by molar-refractivity contribution is 5.57. The normalized spacial score (nSPS) is 22.8. The van der Waals surface area contributed by atoms with E-state index in [0.29, 0.717) is 12.5 Å². The Hall–Kier alpha value is -1.83. The summed E-state index contributed by atoms with van der Waals surface area (Å²) in [5.41, 5.74) is 4.78. The van der Waals surface area contributed by atoms with Gasteiger partial charge in [-0.2, -0.15) is 18.3 Å². The highest BCUT2D eigenvalue weighted by Crippen LogP contribution is 2.33. The third kappa shape index (κ3) is 2.31. The first kappa shape index (κ1) is 13.2. The van der Waals surface area contributed by atoms with E-state index in [1.165, 1.54) is 12.4 Å². The van der Waals surface area contributed by atoms with E-state index in [1.807, 2.05) is 0 Å². The minimum atomic E-state index is -4.48. The standard InChI is InChI=1S/C12H13F3N4O/c13-12(14,15)10-5-9-11(17-1-2-19(9)18-10)20-8-3-7(4-8)6-16/h1-2,5,7-8H,3-4,6,16H2. The van der Waals surface area contributed by atoms with Crippen molar-refractivity contribution in [3.63, 3.8) is 0 Å². The summed E-state index contributed by atoms with van der Waals surface area (Å²) in [5, 5.41) is 3.48. The third-order valence-corrected chi connectivity index (χ3v) is 3.45. The van der Waals surface area contributed by atoms with Gasteiger partial charge >= 0.3 is 6.18 Å². The summed E-state index contributed by atoms with van der Waals surface area (Å²) >= 11 is 0. The van der Waals surface area contributed by atoms with E-state index in [9.17, 15) is 13.2 Å². The smallest absolute Gasteiger partial charge is 0.435 e. The van der Waals surface area contributed by atoms with Crippen molar-refractivity contribution in [1.29, 1.82) is 0 Å². The molecule has 0 amide bonds. The fourth-order valence-electron chi connectivity index (χ4n) is 2.25. The Balaban J connectivity index is 1.86. The lowest BCUT2D eigenvalue weighted by molar-refractivity contribution is -0.141. The molecule has 0 unspecified atom stereocenters. The first-order valence-corrected chi connectivity index (χ1v) is 6.25. The van der Waals surface area contributed by atoms with Gasteiger partial charge in [0.1, 0.15) is 11.6 Å². The molecule has 20 heavy (non-hydrogen) atoms. The molecular weight excluding hydrogens is 273 g/mol. The van der Waals surface area contributed by atoms with Crippen molar-refractivity contribution in [2.75, 3.05) is 6.54 Å². The minimum absolute atomic E-state index is 0.0357. The van der Waals surface area contributed by atoms with Crippen LogP contribution in [0, 0.1) is 5.92 Å². The van der Waals surface area contributed by atoms with Crippen molar-refractivity contribution in [3.05, 3.63) is 24.2 Å². The molecule has 1 fully saturated rings. The van der Waals surface area contributed by atoms with Gasteiger partial charge in [0.2, 0.25) is 5.88 Å². The van der Waals surface area contributed by atoms with Crippen molar-refractivity contribution < 1.29 is 17.9 Å². The summed E-state index contributed by atoms with van der Waals surface area (Å²) in [4.78, 5) is 3.99. The quantitative estimate of drug-likeness (QED) is 0.935. The molecule has 2 heterocycles. The molecule has 1 saturated carbocycles. The van der Waals surface area contributed by atoms with Crippen LogP contribution in [0.3, 0.4) is 0 Å². The van der Waals surface area contributed by atoms with Crippen LogP contribution in [0.4, 0.5) is 13.2 Å². The molecule has 2 aromatic rings. The monoisotopic (exact) mass is 286 g/mol. The molecule has 0 bridgehead atoms. The lowest BCUT2D eigenvalue weighted by Gasteiger charge is -2.34. The molecule has 0 saturated heterocycles. The molecule has 5 nitrogen and oxygen atoms in total. The summed E-state index contributed by atoms with van der Waals surface area (Å²) < 4.78 is 44.7. The number of aromatic nitrogens is 3. The average Bonchev–Trinajstić information content (AvgIpc) is 2.77. The molecule has 0 atom stereocenters. The first-order valence-electron chi connectivity index (χ1n) is 6.25. The number of hydrogen-bond donors (Lipinski definition) is 1. The van der Waals surface area contributed by atoms with Gasteiger partial charge in [-0.25, -0.2) is 9.50 Å². The predicted molar refractivity (Wildman–Crippen MR) is 64.2 cm³/mol. The zero-order valence-electron chi connectivity index (χ0n) is 10.5. The molecule has 2 aromatic heterocycles. The van der Waals surface area contributed by atoms with Crippen molar-refractivity contribution in [3.8, 4) is 5.88 Å². The number of halogens is 3. The summed E-state index contributed by atoms with van der Waals surface area (Å²) in [6.45, 7) is 0.600. The van der Waals surface area contributed by atoms with Gasteiger partial charge in [-0.1, -0.05) is 0 Å². The van der Waals surface area contributed by atoms with Crippen molar-refractivity contribution in [1.82, 2.24) is 14.6 Å². The van der Waals surface area contributed by atoms with Crippen LogP contribution in [-0.4, -0.2) is 27.2 Å². The second-order valence-corrected chi connectivity index (χ2v) is 4.90. The van der Waals surface area contributed by atoms with Crippen LogP contribution >= 0.6 is 0 Å². The highest BCUT2D eigenvalue weighted by Gasteiger charge is 2.35. The number of rotatable bonds is 3. The number of hydrogen-bond acceptors (Lipinski definition) is 4. The Kier molecular flexibility index (Phi) is 3.04. The van der Waals surface area contributed by atoms with Gasteiger partial charge in [0.15, 0.2) is 5.69 Å². The molecule has 0 spiro atoms. The second-order valence-electron chi connectivity index (χ2n) is 4.90. The summed E-state index contributed by atoms with van der Waals surface area (Å²) in [5.74, 6) is 0.603. The summed E-state index contributed by atoms with van der Waals surface area (Å²) in [6.07, 6.45) is -0.176. The van der Waals surface area contributed by atoms with E-state index in [1.54, 1.807) is 0 Å². The summed E-state index contributed by atoms with van der Waals surface area (Å²) in [7, 11) is 0. The van der Waals surface area contributed by atoms with Gasteiger partial charge in [0.05, 0.1) is 0 Å². The maximum Gasteiger partial charge on any atom is 0.435 e. The van der Waals surface area contributed by atoms with E-state index in [0.717, 1.165) is 23.4 Å². The third-order valence-electron chi connectivity index (χ3n) is 3.45. The highest BCUT2D eigenvalue weighted by atomic mass is 19.4. The first-order chi connectivity index (χ1) is 9.47. The molecule has 2 N–H and O–H groups in total. The number of ether oxygens (including phenoxy) is 1. The Morgan fingerprint density at radius 1 is 1.40 bits per heavy atom. The van der Waals surface area contributed by atoms with Crippen molar-refractivity contribution in [2.45, 2.75) is 25.1 Å². The van der Waals surface area contributed by atoms with E-state index >= 15 is 0 Å². The van der Waals surface area contributed by atoms with Crippen LogP contribution in [0.15, 0.2) is 18.5 Å². The molecule has 8 heteroatoms. The topological polar surface area (TPSA) is 65.4 Å². The molecule has 108 valence electrons. The number of alkyl halides is 3. The van der Waals surface area contributed by atoms with E-state index in [2.05, 4.69) is 10.1 Å². The second kappa shape index (κ2) is 4.62. The van der Waals surface area contributed by atoms with Gasteiger partial charge in [0, 0.05) is 18.5 Å². The molecule has 0 aromatic carbocycles. The summed E-state index contributed by atoms with van der Waals surface area (Å²) in [6, 6.07) is 0.946. The van der Waals surface area contributed by atoms with Crippen molar-refractivity contribution >= 4 is 5.52 Å². The minimum Gasteiger partial charge on any atom is -0.473 e. The van der Waals surface area contributed by atoms with Gasteiger partial charge in [-0.3, -0.25) is 0 Å². The van der Waals surface area contributed by atoms with Crippen LogP contribution in [-0.2, 0) is 6.18 Å². The van der Waals surface area contributed by atoms with Crippen LogP contribution in [0.2, 0.25) is 0 Å². The lowest BCUT2D eigenvalue weighted by atomic mass is 9.82. The number of fused-ring (bicyclic) bond motifs is 1. The largest absolute Gasteiger partial charge is 0.473 e. The van der Waals surface area contributed by atoms with Gasteiger partial charge in [-0.15, -0.1) is 0 Å². The predicted octanol–water partition coefficient (Wildman–Crippen LogP) is 1.86. The zero-order chi connectivity index (χ0) is 14.3. The van der Waals surface area contributed by atoms with Crippen molar-refractivity contribution in [2.24, 2.45) is 11.7 Å². The van der Waals surface area contributed by atoms with Crippen LogP contribution in [0.25, 0.3) is 5.52 Å². The molecule has 0 radical (unpaired) electrons. The lowest BCUT2D eigenvalue weighted by Crippen LogP contribution is -2.38. The van der Waals surface area contributed by atoms with E-state index in [-0.39, 0.29) is 17.5 Å². The SMILES string of the molecule is NCC1CC(Oc2nccn3nc(C(F)(F)F)cc23)C1. The molecule has 0 aliphatic heterocycles. The Bertz CT molecular complexity index is 619. The fraction of sp³-hybridized carbons (Fsp3) is 0.500. The van der Waals surface area contributed by atoms with Gasteiger partial charge < -0.3 is 10.5 Å². The molecule has 3 rings (SSSR count).